The Balaban J connectivity index is 1.97. The van der Waals surface area contributed by atoms with Crippen LogP contribution in [0.4, 0.5) is 5.69 Å². The van der Waals surface area contributed by atoms with Gasteiger partial charge in [-0.05, 0) is 23.8 Å². The fourth-order valence-electron chi connectivity index (χ4n) is 2.37. The third-order valence-electron chi connectivity index (χ3n) is 3.45. The van der Waals surface area contributed by atoms with E-state index in [0.29, 0.717) is 0 Å². The van der Waals surface area contributed by atoms with Gasteiger partial charge in [0, 0.05) is 11.3 Å². The van der Waals surface area contributed by atoms with Gasteiger partial charge in [-0.25, -0.2) is 0 Å². The van der Waals surface area contributed by atoms with E-state index in [1.165, 1.54) is 0 Å². The Morgan fingerprint density at radius 2 is 1.67 bits per heavy atom. The van der Waals surface area contributed by atoms with Crippen LogP contribution in [0.1, 0.15) is 22.9 Å². The number of benzene rings is 2. The minimum absolute atomic E-state index is 0.00282. The summed E-state index contributed by atoms with van der Waals surface area (Å²) in [6.45, 7) is 0.00282. The van der Waals surface area contributed by atoms with Crippen LogP contribution in [0, 0.1) is 0 Å². The Morgan fingerprint density at radius 1 is 0.905 bits per heavy atom. The SMILES string of the molecule is OCc1ccccc1NC(c1ccccc1)c1ccco1. The lowest BCUT2D eigenvalue weighted by Crippen LogP contribution is -2.12. The molecule has 0 spiro atoms. The van der Waals surface area contributed by atoms with E-state index < -0.39 is 0 Å². The van der Waals surface area contributed by atoms with Gasteiger partial charge >= 0.3 is 0 Å². The van der Waals surface area contributed by atoms with E-state index in [2.05, 4.69) is 17.4 Å². The summed E-state index contributed by atoms with van der Waals surface area (Å²) in [4.78, 5) is 0. The fourth-order valence-corrected chi connectivity index (χ4v) is 2.37. The molecule has 0 bridgehead atoms. The second kappa shape index (κ2) is 6.29. The van der Waals surface area contributed by atoms with Crippen LogP contribution in [-0.4, -0.2) is 5.11 Å². The molecule has 0 aliphatic rings. The molecule has 0 radical (unpaired) electrons. The predicted molar refractivity (Wildman–Crippen MR) is 83.0 cm³/mol. The van der Waals surface area contributed by atoms with Gasteiger partial charge in [0.25, 0.3) is 0 Å². The van der Waals surface area contributed by atoms with Crippen molar-refractivity contribution in [2.24, 2.45) is 0 Å². The topological polar surface area (TPSA) is 45.4 Å². The number of aliphatic hydroxyl groups excluding tert-OH is 1. The third-order valence-corrected chi connectivity index (χ3v) is 3.45. The zero-order chi connectivity index (χ0) is 14.5. The van der Waals surface area contributed by atoms with Crippen molar-refractivity contribution in [3.63, 3.8) is 0 Å². The van der Waals surface area contributed by atoms with E-state index in [9.17, 15) is 5.11 Å². The lowest BCUT2D eigenvalue weighted by molar-refractivity contribution is 0.282. The lowest BCUT2D eigenvalue weighted by atomic mass is 10.0. The van der Waals surface area contributed by atoms with E-state index in [1.807, 2.05) is 54.6 Å². The largest absolute Gasteiger partial charge is 0.467 e. The maximum absolute atomic E-state index is 9.47. The van der Waals surface area contributed by atoms with Crippen LogP contribution in [0.3, 0.4) is 0 Å². The van der Waals surface area contributed by atoms with Gasteiger partial charge in [0.1, 0.15) is 11.8 Å². The molecule has 1 atom stereocenters. The van der Waals surface area contributed by atoms with Gasteiger partial charge in [-0.15, -0.1) is 0 Å². The van der Waals surface area contributed by atoms with Crippen molar-refractivity contribution in [1.82, 2.24) is 0 Å². The van der Waals surface area contributed by atoms with Crippen molar-refractivity contribution >= 4 is 5.69 Å². The molecule has 0 fully saturated rings. The summed E-state index contributed by atoms with van der Waals surface area (Å²) in [5, 5.41) is 12.9. The molecule has 3 heteroatoms. The zero-order valence-electron chi connectivity index (χ0n) is 11.6. The van der Waals surface area contributed by atoms with Crippen LogP contribution in [0.2, 0.25) is 0 Å². The van der Waals surface area contributed by atoms with Crippen molar-refractivity contribution in [3.05, 3.63) is 89.9 Å². The molecule has 1 heterocycles. The molecule has 106 valence electrons. The highest BCUT2D eigenvalue weighted by molar-refractivity contribution is 5.54. The van der Waals surface area contributed by atoms with Crippen LogP contribution in [-0.2, 0) is 6.61 Å². The first-order valence-corrected chi connectivity index (χ1v) is 6.92. The molecule has 0 amide bonds. The lowest BCUT2D eigenvalue weighted by Gasteiger charge is -2.20. The van der Waals surface area contributed by atoms with Gasteiger partial charge < -0.3 is 14.8 Å². The highest BCUT2D eigenvalue weighted by atomic mass is 16.3. The molecule has 21 heavy (non-hydrogen) atoms. The molecule has 0 saturated heterocycles. The molecule has 0 aliphatic heterocycles. The van der Waals surface area contributed by atoms with Crippen LogP contribution in [0.5, 0.6) is 0 Å². The monoisotopic (exact) mass is 279 g/mol. The Bertz CT molecular complexity index is 677. The summed E-state index contributed by atoms with van der Waals surface area (Å²) in [6.07, 6.45) is 1.67. The Kier molecular flexibility index (Phi) is 4.03. The van der Waals surface area contributed by atoms with Crippen LogP contribution >= 0.6 is 0 Å². The zero-order valence-corrected chi connectivity index (χ0v) is 11.6. The van der Waals surface area contributed by atoms with Gasteiger partial charge in [0.15, 0.2) is 0 Å². The highest BCUT2D eigenvalue weighted by Crippen LogP contribution is 2.28. The number of rotatable bonds is 5. The second-order valence-electron chi connectivity index (χ2n) is 4.82. The Labute approximate surface area is 123 Å². The molecule has 0 aliphatic carbocycles. The van der Waals surface area contributed by atoms with Gasteiger partial charge in [0.05, 0.1) is 12.9 Å². The standard InChI is InChI=1S/C18H17NO2/c20-13-15-9-4-5-10-16(15)19-18(17-11-6-12-21-17)14-7-2-1-3-8-14/h1-12,18-20H,13H2. The van der Waals surface area contributed by atoms with Crippen molar-refractivity contribution < 1.29 is 9.52 Å². The van der Waals surface area contributed by atoms with E-state index in [1.54, 1.807) is 6.26 Å². The average molecular weight is 279 g/mol. The summed E-state index contributed by atoms with van der Waals surface area (Å²) in [5.41, 5.74) is 2.88. The van der Waals surface area contributed by atoms with E-state index >= 15 is 0 Å². The number of furan rings is 1. The first kappa shape index (κ1) is 13.5. The first-order valence-electron chi connectivity index (χ1n) is 6.92. The van der Waals surface area contributed by atoms with E-state index in [0.717, 1.165) is 22.6 Å². The summed E-state index contributed by atoms with van der Waals surface area (Å²) < 4.78 is 5.57. The number of para-hydroxylation sites is 1. The number of hydrogen-bond donors (Lipinski definition) is 2. The maximum atomic E-state index is 9.47. The van der Waals surface area contributed by atoms with Crippen molar-refractivity contribution in [1.29, 1.82) is 0 Å². The number of hydrogen-bond acceptors (Lipinski definition) is 3. The molecule has 2 aromatic carbocycles. The van der Waals surface area contributed by atoms with Crippen LogP contribution < -0.4 is 5.32 Å². The Hall–Kier alpha value is -2.52. The molecule has 3 nitrogen and oxygen atoms in total. The molecular weight excluding hydrogens is 262 g/mol. The summed E-state index contributed by atoms with van der Waals surface area (Å²) in [5.74, 6) is 0.842. The van der Waals surface area contributed by atoms with E-state index in [-0.39, 0.29) is 12.6 Å². The minimum atomic E-state index is -0.0890. The summed E-state index contributed by atoms with van der Waals surface area (Å²) in [6, 6.07) is 21.6. The van der Waals surface area contributed by atoms with Gasteiger partial charge in [-0.1, -0.05) is 48.5 Å². The van der Waals surface area contributed by atoms with Gasteiger partial charge in [-0.2, -0.15) is 0 Å². The number of aliphatic hydroxyl groups is 1. The van der Waals surface area contributed by atoms with Crippen LogP contribution in [0.15, 0.2) is 77.4 Å². The van der Waals surface area contributed by atoms with Crippen molar-refractivity contribution in [2.45, 2.75) is 12.6 Å². The van der Waals surface area contributed by atoms with Crippen molar-refractivity contribution in [3.8, 4) is 0 Å². The highest BCUT2D eigenvalue weighted by Gasteiger charge is 2.17. The maximum Gasteiger partial charge on any atom is 0.130 e. The molecule has 1 aromatic heterocycles. The Morgan fingerprint density at radius 3 is 2.38 bits per heavy atom. The molecule has 3 rings (SSSR count). The predicted octanol–water partition coefficient (Wildman–Crippen LogP) is 3.97. The molecule has 3 aromatic rings. The minimum Gasteiger partial charge on any atom is -0.467 e. The molecular formula is C18H17NO2. The van der Waals surface area contributed by atoms with Gasteiger partial charge in [0.2, 0.25) is 0 Å². The molecule has 2 N–H and O–H groups in total. The third kappa shape index (κ3) is 2.98. The second-order valence-corrected chi connectivity index (χ2v) is 4.82. The number of anilines is 1. The first-order chi connectivity index (χ1) is 10.4. The average Bonchev–Trinajstić information content (AvgIpc) is 3.08. The van der Waals surface area contributed by atoms with Gasteiger partial charge in [-0.3, -0.25) is 0 Å². The quantitative estimate of drug-likeness (QED) is 0.742. The number of nitrogens with one attached hydrogen (secondary N) is 1. The van der Waals surface area contributed by atoms with E-state index in [4.69, 9.17) is 4.42 Å². The summed E-state index contributed by atoms with van der Waals surface area (Å²) >= 11 is 0. The summed E-state index contributed by atoms with van der Waals surface area (Å²) in [7, 11) is 0. The molecule has 1 unspecified atom stereocenters. The smallest absolute Gasteiger partial charge is 0.130 e. The van der Waals surface area contributed by atoms with Crippen LogP contribution in [0.25, 0.3) is 0 Å². The normalized spacial score (nSPS) is 12.0. The fraction of sp³-hybridized carbons (Fsp3) is 0.111. The molecule has 0 saturated carbocycles. The van der Waals surface area contributed by atoms with Crippen molar-refractivity contribution in [2.75, 3.05) is 5.32 Å².